The number of unbranched alkanes of at least 4 members (excludes halogenated alkanes) is 15. The monoisotopic (exact) mass is 778 g/mol. The van der Waals surface area contributed by atoms with Crippen molar-refractivity contribution in [2.24, 2.45) is 5.73 Å². The molecule has 0 amide bonds. The molecule has 312 valence electrons. The molecule has 0 aromatic heterocycles. The van der Waals surface area contributed by atoms with Crippen LogP contribution < -0.4 is 5.73 Å². The Morgan fingerprint density at radius 1 is 0.574 bits per heavy atom. The van der Waals surface area contributed by atoms with Gasteiger partial charge in [-0.25, -0.2) is 4.57 Å². The molecule has 9 heteroatoms. The number of esters is 1. The maximum absolute atomic E-state index is 12.5. The van der Waals surface area contributed by atoms with Crippen molar-refractivity contribution in [1.29, 1.82) is 0 Å². The third-order valence-electron chi connectivity index (χ3n) is 8.61. The first-order valence-electron chi connectivity index (χ1n) is 21.4. The Hall–Kier alpha value is -2.06. The average molecular weight is 778 g/mol. The van der Waals surface area contributed by atoms with Crippen molar-refractivity contribution in [3.63, 3.8) is 0 Å². The molecule has 0 saturated carbocycles. The lowest BCUT2D eigenvalue weighted by Crippen LogP contribution is -2.28. The molecule has 0 heterocycles. The van der Waals surface area contributed by atoms with E-state index < -0.39 is 13.9 Å². The van der Waals surface area contributed by atoms with Crippen LogP contribution in [0, 0.1) is 0 Å². The van der Waals surface area contributed by atoms with Crippen molar-refractivity contribution in [1.82, 2.24) is 0 Å². The number of rotatable bonds is 40. The van der Waals surface area contributed by atoms with Gasteiger partial charge in [-0.15, -0.1) is 0 Å². The molecule has 0 bridgehead atoms. The average Bonchev–Trinajstić information content (AvgIpc) is 3.16. The molecule has 54 heavy (non-hydrogen) atoms. The third-order valence-corrected chi connectivity index (χ3v) is 9.59. The molecular weight excluding hydrogens is 697 g/mol. The largest absolute Gasteiger partial charge is 0.472 e. The first kappa shape index (κ1) is 51.9. The van der Waals surface area contributed by atoms with Crippen molar-refractivity contribution in [3.8, 4) is 0 Å². The molecule has 0 spiro atoms. The quantitative estimate of drug-likeness (QED) is 0.0273. The van der Waals surface area contributed by atoms with Crippen LogP contribution in [-0.2, 0) is 27.9 Å². The van der Waals surface area contributed by atoms with Crippen molar-refractivity contribution < 1.29 is 32.8 Å². The first-order valence-corrected chi connectivity index (χ1v) is 22.9. The van der Waals surface area contributed by atoms with Crippen LogP contribution in [0.25, 0.3) is 0 Å². The van der Waals surface area contributed by atoms with Gasteiger partial charge in [0.1, 0.15) is 6.10 Å². The maximum atomic E-state index is 12.5. The number of carbonyl (C=O) groups excluding carboxylic acids is 1. The number of phosphoric acid groups is 1. The van der Waals surface area contributed by atoms with E-state index in [9.17, 15) is 14.3 Å². The fraction of sp³-hybridized carbons (Fsp3) is 0.711. The molecular formula is C45H80NO7P. The van der Waals surface area contributed by atoms with E-state index in [1.807, 2.05) is 0 Å². The number of hydrogen-bond acceptors (Lipinski definition) is 7. The fourth-order valence-electron chi connectivity index (χ4n) is 5.49. The van der Waals surface area contributed by atoms with E-state index in [2.05, 4.69) is 86.8 Å². The summed E-state index contributed by atoms with van der Waals surface area (Å²) in [5.41, 5.74) is 5.36. The van der Waals surface area contributed by atoms with Crippen LogP contribution in [0.1, 0.15) is 168 Å². The molecule has 0 aromatic carbocycles. The topological polar surface area (TPSA) is 117 Å². The summed E-state index contributed by atoms with van der Waals surface area (Å²) in [6.45, 7) is 4.71. The van der Waals surface area contributed by atoms with Crippen molar-refractivity contribution in [3.05, 3.63) is 72.9 Å². The lowest BCUT2D eigenvalue weighted by Gasteiger charge is -2.20. The second-order valence-corrected chi connectivity index (χ2v) is 15.3. The van der Waals surface area contributed by atoms with Gasteiger partial charge >= 0.3 is 13.8 Å². The molecule has 0 fully saturated rings. The summed E-state index contributed by atoms with van der Waals surface area (Å²) in [6, 6.07) is 0. The summed E-state index contributed by atoms with van der Waals surface area (Å²) >= 11 is 0. The predicted octanol–water partition coefficient (Wildman–Crippen LogP) is 12.7. The Bertz CT molecular complexity index is 1050. The van der Waals surface area contributed by atoms with Gasteiger partial charge in [0, 0.05) is 19.6 Å². The zero-order valence-corrected chi connectivity index (χ0v) is 35.3. The molecule has 0 rings (SSSR count). The molecule has 8 nitrogen and oxygen atoms in total. The van der Waals surface area contributed by atoms with Crippen molar-refractivity contribution in [2.45, 2.75) is 174 Å². The summed E-state index contributed by atoms with van der Waals surface area (Å²) < 4.78 is 33.4. The number of hydrogen-bond donors (Lipinski definition) is 2. The highest BCUT2D eigenvalue weighted by Crippen LogP contribution is 2.43. The van der Waals surface area contributed by atoms with Crippen LogP contribution >= 0.6 is 7.82 Å². The van der Waals surface area contributed by atoms with Crippen LogP contribution in [0.4, 0.5) is 0 Å². The van der Waals surface area contributed by atoms with E-state index in [1.54, 1.807) is 0 Å². The molecule has 2 unspecified atom stereocenters. The number of phosphoric ester groups is 1. The molecule has 0 radical (unpaired) electrons. The van der Waals surface area contributed by atoms with E-state index >= 15 is 0 Å². The van der Waals surface area contributed by atoms with E-state index in [-0.39, 0.29) is 38.8 Å². The molecule has 0 aliphatic rings. The van der Waals surface area contributed by atoms with Gasteiger partial charge < -0.3 is 20.1 Å². The third kappa shape index (κ3) is 41.1. The first-order chi connectivity index (χ1) is 26.4. The zero-order chi connectivity index (χ0) is 39.5. The lowest BCUT2D eigenvalue weighted by atomic mass is 10.1. The highest BCUT2D eigenvalue weighted by Gasteiger charge is 2.25. The fourth-order valence-corrected chi connectivity index (χ4v) is 6.25. The smallest absolute Gasteiger partial charge is 0.457 e. The molecule has 3 N–H and O–H groups in total. The summed E-state index contributed by atoms with van der Waals surface area (Å²) in [5.74, 6) is -0.366. The van der Waals surface area contributed by atoms with Crippen LogP contribution in [0.5, 0.6) is 0 Å². The van der Waals surface area contributed by atoms with Gasteiger partial charge in [-0.1, -0.05) is 151 Å². The lowest BCUT2D eigenvalue weighted by molar-refractivity contribution is -0.154. The van der Waals surface area contributed by atoms with Crippen LogP contribution in [0.2, 0.25) is 0 Å². The van der Waals surface area contributed by atoms with Gasteiger partial charge in [0.05, 0.1) is 19.8 Å². The molecule has 0 aliphatic heterocycles. The summed E-state index contributed by atoms with van der Waals surface area (Å²) in [7, 11) is -4.29. The Morgan fingerprint density at radius 2 is 1.04 bits per heavy atom. The van der Waals surface area contributed by atoms with E-state index in [0.717, 1.165) is 83.5 Å². The minimum Gasteiger partial charge on any atom is -0.457 e. The zero-order valence-electron chi connectivity index (χ0n) is 34.4. The Kier molecular flexibility index (Phi) is 40.5. The molecule has 2 atom stereocenters. The maximum Gasteiger partial charge on any atom is 0.472 e. The summed E-state index contributed by atoms with van der Waals surface area (Å²) in [4.78, 5) is 22.4. The Labute approximate surface area is 331 Å². The Balaban J connectivity index is 4.07. The van der Waals surface area contributed by atoms with Crippen LogP contribution in [-0.4, -0.2) is 49.9 Å². The van der Waals surface area contributed by atoms with Crippen molar-refractivity contribution >= 4 is 13.8 Å². The number of carbonyl (C=O) groups is 1. The van der Waals surface area contributed by atoms with Gasteiger partial charge in [-0.3, -0.25) is 13.8 Å². The van der Waals surface area contributed by atoms with Crippen molar-refractivity contribution in [2.75, 3.05) is 33.0 Å². The minimum atomic E-state index is -4.29. The summed E-state index contributed by atoms with van der Waals surface area (Å²) in [5, 5.41) is 0. The SMILES string of the molecule is CC/C=C\C/C=C\C/C=C\CCCCCC(=O)OC(COCCCCCCCCC/C=C\C/C=C\C/C=C\CCCCCCC)COP(=O)(O)OCCN. The van der Waals surface area contributed by atoms with Gasteiger partial charge in [-0.2, -0.15) is 0 Å². The number of nitrogens with two attached hydrogens (primary N) is 1. The van der Waals surface area contributed by atoms with Crippen LogP contribution in [0.3, 0.4) is 0 Å². The standard InChI is InChI=1S/C45H80NO7P/c1-3-5-7-9-11-13-15-17-18-19-20-21-22-23-24-25-27-29-31-33-35-37-40-50-42-44(43-52-54(48,49)51-41-39-46)53-45(47)38-36-34-32-30-28-26-16-14-12-10-8-6-4-2/h6,8,12,14-15,17,19-20,22-23,26,28,44H,3-5,7,9-11,13,16,18,21,24-25,27,29-43,46H2,1-2H3,(H,48,49)/b8-6-,14-12-,17-15-,20-19-,23-22-,28-26-. The second kappa shape index (κ2) is 42.1. The molecule has 0 aromatic rings. The van der Waals surface area contributed by atoms with Gasteiger partial charge in [0.15, 0.2) is 0 Å². The van der Waals surface area contributed by atoms with Gasteiger partial charge in [0.25, 0.3) is 0 Å². The number of ether oxygens (including phenoxy) is 2. The normalized spacial score (nSPS) is 14.2. The molecule has 0 saturated heterocycles. The molecule has 0 aliphatic carbocycles. The highest BCUT2D eigenvalue weighted by atomic mass is 31.2. The number of allylic oxidation sites excluding steroid dienone is 12. The van der Waals surface area contributed by atoms with Crippen LogP contribution in [0.15, 0.2) is 72.9 Å². The van der Waals surface area contributed by atoms with E-state index in [4.69, 9.17) is 24.3 Å². The summed E-state index contributed by atoms with van der Waals surface area (Å²) in [6.07, 6.45) is 52.1. The Morgan fingerprint density at radius 3 is 1.56 bits per heavy atom. The predicted molar refractivity (Wildman–Crippen MR) is 228 cm³/mol. The van der Waals surface area contributed by atoms with E-state index in [0.29, 0.717) is 6.61 Å². The van der Waals surface area contributed by atoms with E-state index in [1.165, 1.54) is 64.2 Å². The van der Waals surface area contributed by atoms with Gasteiger partial charge in [-0.05, 0) is 83.5 Å². The minimum absolute atomic E-state index is 0.0898. The van der Waals surface area contributed by atoms with Gasteiger partial charge in [0.2, 0.25) is 0 Å². The highest BCUT2D eigenvalue weighted by molar-refractivity contribution is 7.47. The second-order valence-electron chi connectivity index (χ2n) is 13.8.